The van der Waals surface area contributed by atoms with E-state index in [-0.39, 0.29) is 46.8 Å². The molecule has 2 aromatic rings. The zero-order valence-corrected chi connectivity index (χ0v) is 23.4. The van der Waals surface area contributed by atoms with E-state index < -0.39 is 27.3 Å². The summed E-state index contributed by atoms with van der Waals surface area (Å²) in [5.41, 5.74) is -0.742. The van der Waals surface area contributed by atoms with Gasteiger partial charge in [-0.3, -0.25) is 19.2 Å². The Hall–Kier alpha value is -2.73. The molecular formula is C26H33ClFN3O6S. The molecule has 1 aliphatic rings. The molecule has 1 heterocycles. The first-order chi connectivity index (χ1) is 17.6. The van der Waals surface area contributed by atoms with Gasteiger partial charge < -0.3 is 14.7 Å². The van der Waals surface area contributed by atoms with Crippen molar-refractivity contribution >= 4 is 33.4 Å². The largest absolute Gasteiger partial charge is 0.483 e. The quantitative estimate of drug-likeness (QED) is 0.477. The lowest BCUT2D eigenvalue weighted by Gasteiger charge is -2.44. The Morgan fingerprint density at radius 1 is 1.13 bits per heavy atom. The lowest BCUT2D eigenvalue weighted by atomic mass is 10.1. The molecule has 2 aromatic carbocycles. The van der Waals surface area contributed by atoms with Crippen molar-refractivity contribution in [1.82, 2.24) is 14.5 Å². The summed E-state index contributed by atoms with van der Waals surface area (Å²) in [6.45, 7) is 7.69. The third-order valence-electron chi connectivity index (χ3n) is 6.26. The molecule has 0 spiro atoms. The van der Waals surface area contributed by atoms with Crippen molar-refractivity contribution in [3.05, 3.63) is 64.4 Å². The lowest BCUT2D eigenvalue weighted by Crippen LogP contribution is -2.58. The lowest BCUT2D eigenvalue weighted by molar-refractivity contribution is -0.139. The first-order valence-corrected chi connectivity index (χ1v) is 14.1. The van der Waals surface area contributed by atoms with Gasteiger partial charge in [0, 0.05) is 42.3 Å². The van der Waals surface area contributed by atoms with Crippen LogP contribution >= 0.6 is 11.6 Å². The van der Waals surface area contributed by atoms with E-state index in [9.17, 15) is 27.5 Å². The minimum absolute atomic E-state index is 0.0517. The van der Waals surface area contributed by atoms with Crippen molar-refractivity contribution in [2.24, 2.45) is 0 Å². The second-order valence-corrected chi connectivity index (χ2v) is 12.2. The van der Waals surface area contributed by atoms with Crippen molar-refractivity contribution in [1.29, 1.82) is 0 Å². The van der Waals surface area contributed by atoms with E-state index in [0.29, 0.717) is 19.6 Å². The van der Waals surface area contributed by atoms with E-state index in [1.54, 1.807) is 17.0 Å². The molecule has 208 valence electrons. The maximum absolute atomic E-state index is 13.2. The Morgan fingerprint density at radius 3 is 2.42 bits per heavy atom. The molecule has 0 saturated carbocycles. The van der Waals surface area contributed by atoms with Gasteiger partial charge in [0.05, 0.1) is 5.75 Å². The topological polar surface area (TPSA) is 116 Å². The Morgan fingerprint density at radius 2 is 1.79 bits per heavy atom. The zero-order valence-electron chi connectivity index (χ0n) is 21.8. The van der Waals surface area contributed by atoms with Crippen molar-refractivity contribution < 1.29 is 32.2 Å². The second-order valence-electron chi connectivity index (χ2n) is 10.1. The number of sulfonamides is 1. The van der Waals surface area contributed by atoms with E-state index in [0.717, 1.165) is 5.56 Å². The molecule has 1 fully saturated rings. The van der Waals surface area contributed by atoms with Gasteiger partial charge in [-0.15, -0.1) is 0 Å². The van der Waals surface area contributed by atoms with E-state index in [1.165, 1.54) is 44.2 Å². The van der Waals surface area contributed by atoms with E-state index in [4.69, 9.17) is 16.3 Å². The number of rotatable bonds is 9. The Bertz CT molecular complexity index is 1270. The smallest absolute Gasteiger partial charge is 0.264 e. The van der Waals surface area contributed by atoms with Crippen LogP contribution in [-0.2, 0) is 31.9 Å². The van der Waals surface area contributed by atoms with Gasteiger partial charge in [0.15, 0.2) is 6.61 Å². The van der Waals surface area contributed by atoms with Gasteiger partial charge in [0.25, 0.3) is 11.8 Å². The fourth-order valence-electron chi connectivity index (χ4n) is 4.12. The number of piperazine rings is 1. The van der Waals surface area contributed by atoms with Gasteiger partial charge in [-0.25, -0.2) is 12.8 Å². The van der Waals surface area contributed by atoms with E-state index in [1.807, 2.05) is 18.6 Å². The van der Waals surface area contributed by atoms with Gasteiger partial charge in [0.2, 0.25) is 10.0 Å². The summed E-state index contributed by atoms with van der Waals surface area (Å²) in [6, 6.07) is 10.7. The Labute approximate surface area is 227 Å². The molecule has 12 heteroatoms. The Kier molecular flexibility index (Phi) is 9.40. The summed E-state index contributed by atoms with van der Waals surface area (Å²) in [5, 5.41) is 9.99. The van der Waals surface area contributed by atoms with Crippen LogP contribution in [-0.4, -0.2) is 72.5 Å². The summed E-state index contributed by atoms with van der Waals surface area (Å²) in [6.07, 6.45) is 0. The number of nitrogens with one attached hydrogen (secondary N) is 1. The number of carbonyl (C=O) groups excluding carboxylic acids is 2. The first kappa shape index (κ1) is 29.8. The summed E-state index contributed by atoms with van der Waals surface area (Å²) in [7, 11) is -4.19. The van der Waals surface area contributed by atoms with Crippen LogP contribution in [0, 0.1) is 5.82 Å². The van der Waals surface area contributed by atoms with Crippen molar-refractivity contribution in [2.45, 2.75) is 57.7 Å². The standard InChI is InChI=1S/C26H33ClFN3O6S/c1-17-13-31(18(2)12-30(17)14-19-5-8-22(28)9-6-19)24(32)15-37-23-10-7-21(27)11-20(23)16-38(35,36)29-25(33)26(3,4)34/h5-11,17-18,34H,12-16H2,1-4H3,(H,29,33)/t17-,18+/m0/s1. The van der Waals surface area contributed by atoms with E-state index >= 15 is 0 Å². The van der Waals surface area contributed by atoms with Crippen molar-refractivity contribution in [3.8, 4) is 5.75 Å². The van der Waals surface area contributed by atoms with Crippen molar-refractivity contribution in [3.63, 3.8) is 0 Å². The highest BCUT2D eigenvalue weighted by Crippen LogP contribution is 2.26. The summed E-state index contributed by atoms with van der Waals surface area (Å²) < 4.78 is 45.8. The van der Waals surface area contributed by atoms with Crippen LogP contribution in [0.1, 0.15) is 38.8 Å². The van der Waals surface area contributed by atoms with Crippen LogP contribution in [0.15, 0.2) is 42.5 Å². The fourth-order valence-corrected chi connectivity index (χ4v) is 5.56. The molecule has 0 aromatic heterocycles. The molecular weight excluding hydrogens is 537 g/mol. The average Bonchev–Trinajstić information content (AvgIpc) is 2.80. The van der Waals surface area contributed by atoms with E-state index in [2.05, 4.69) is 4.90 Å². The number of benzene rings is 2. The number of nitrogens with zero attached hydrogens (tertiary/aromatic N) is 2. The average molecular weight is 570 g/mol. The number of amides is 2. The third kappa shape index (κ3) is 8.13. The molecule has 2 N–H and O–H groups in total. The van der Waals surface area contributed by atoms with Gasteiger partial charge in [-0.1, -0.05) is 23.7 Å². The third-order valence-corrected chi connectivity index (χ3v) is 7.68. The fraction of sp³-hybridized carbons (Fsp3) is 0.462. The highest BCUT2D eigenvalue weighted by Gasteiger charge is 2.32. The molecule has 0 aliphatic carbocycles. The molecule has 3 rings (SSSR count). The molecule has 38 heavy (non-hydrogen) atoms. The van der Waals surface area contributed by atoms with Crippen LogP contribution in [0.2, 0.25) is 5.02 Å². The number of carbonyl (C=O) groups is 2. The minimum Gasteiger partial charge on any atom is -0.483 e. The predicted molar refractivity (Wildman–Crippen MR) is 141 cm³/mol. The summed E-state index contributed by atoms with van der Waals surface area (Å²) in [5.74, 6) is -2.12. The van der Waals surface area contributed by atoms with Crippen LogP contribution in [0.3, 0.4) is 0 Å². The zero-order chi connectivity index (χ0) is 28.3. The molecule has 9 nitrogen and oxygen atoms in total. The van der Waals surface area contributed by atoms with Gasteiger partial charge in [-0.2, -0.15) is 0 Å². The molecule has 2 amide bonds. The summed E-state index contributed by atoms with van der Waals surface area (Å²) >= 11 is 6.05. The molecule has 0 unspecified atom stereocenters. The van der Waals surface area contributed by atoms with Crippen LogP contribution in [0.4, 0.5) is 4.39 Å². The normalized spacial score (nSPS) is 18.8. The molecule has 0 bridgehead atoms. The molecule has 2 atom stereocenters. The highest BCUT2D eigenvalue weighted by molar-refractivity contribution is 7.89. The number of hydrogen-bond acceptors (Lipinski definition) is 7. The van der Waals surface area contributed by atoms with Crippen LogP contribution in [0.5, 0.6) is 5.75 Å². The maximum Gasteiger partial charge on any atom is 0.264 e. The summed E-state index contributed by atoms with van der Waals surface area (Å²) in [4.78, 5) is 29.0. The SMILES string of the molecule is C[C@@H]1CN(Cc2ccc(F)cc2)[C@@H](C)CN1C(=O)COc1ccc(Cl)cc1CS(=O)(=O)NC(=O)C(C)(C)O. The van der Waals surface area contributed by atoms with Crippen molar-refractivity contribution in [2.75, 3.05) is 19.7 Å². The monoisotopic (exact) mass is 569 g/mol. The van der Waals surface area contributed by atoms with Gasteiger partial charge in [-0.05, 0) is 63.6 Å². The molecule has 0 radical (unpaired) electrons. The maximum atomic E-state index is 13.2. The number of halogens is 2. The predicted octanol–water partition coefficient (Wildman–Crippen LogP) is 2.70. The van der Waals surface area contributed by atoms with Crippen LogP contribution in [0.25, 0.3) is 0 Å². The minimum atomic E-state index is -4.19. The second kappa shape index (κ2) is 12.0. The number of ether oxygens (including phenoxy) is 1. The molecule has 1 aliphatic heterocycles. The highest BCUT2D eigenvalue weighted by atomic mass is 35.5. The Balaban J connectivity index is 1.63. The number of aliphatic hydroxyl groups is 1. The first-order valence-electron chi connectivity index (χ1n) is 12.1. The van der Waals surface area contributed by atoms with Gasteiger partial charge >= 0.3 is 0 Å². The molecule has 1 saturated heterocycles. The number of hydrogen-bond donors (Lipinski definition) is 2. The van der Waals surface area contributed by atoms with Crippen LogP contribution < -0.4 is 9.46 Å². The van der Waals surface area contributed by atoms with Gasteiger partial charge in [0.1, 0.15) is 17.2 Å².